The van der Waals surface area contributed by atoms with Crippen LogP contribution in [0.4, 0.5) is 5.82 Å². The Labute approximate surface area is 127 Å². The van der Waals surface area contributed by atoms with Crippen LogP contribution in [-0.2, 0) is 19.9 Å². The number of fused-ring (bicyclic) bond motifs is 1. The molecule has 0 spiro atoms. The van der Waals surface area contributed by atoms with Gasteiger partial charge in [0.25, 0.3) is 0 Å². The van der Waals surface area contributed by atoms with Crippen molar-refractivity contribution in [2.24, 2.45) is 7.05 Å². The fraction of sp³-hybridized carbons (Fsp3) is 0.400. The summed E-state index contributed by atoms with van der Waals surface area (Å²) < 4.78 is 8.37. The molecule has 4 nitrogen and oxygen atoms in total. The van der Waals surface area contributed by atoms with Crippen molar-refractivity contribution in [2.75, 3.05) is 12.8 Å². The van der Waals surface area contributed by atoms with Crippen LogP contribution in [0.25, 0.3) is 11.1 Å². The number of anilines is 1. The van der Waals surface area contributed by atoms with E-state index >= 15 is 0 Å². The van der Waals surface area contributed by atoms with Gasteiger partial charge in [0.15, 0.2) is 0 Å². The molecular formula is C15H18BrN3O. The van der Waals surface area contributed by atoms with Crippen molar-refractivity contribution in [1.29, 1.82) is 0 Å². The molecule has 0 atom stereocenters. The lowest BCUT2D eigenvalue weighted by Crippen LogP contribution is -2.06. The number of methoxy groups -OCH3 is 1. The third kappa shape index (κ3) is 2.00. The van der Waals surface area contributed by atoms with Gasteiger partial charge in [-0.25, -0.2) is 0 Å². The summed E-state index contributed by atoms with van der Waals surface area (Å²) in [6.45, 7) is 0. The Hall–Kier alpha value is -1.49. The van der Waals surface area contributed by atoms with E-state index in [1.165, 1.54) is 24.0 Å². The number of halogens is 1. The Morgan fingerprint density at radius 2 is 2.05 bits per heavy atom. The standard InChI is InChI=1S/C15H18BrN3O/c1-19-15(17)12(8-18-19)11-7-9-5-3-4-6-10(9)13(16)14(11)20-2/h7-8H,3-6,17H2,1-2H3. The van der Waals surface area contributed by atoms with E-state index in [1.54, 1.807) is 18.0 Å². The number of nitrogens with two attached hydrogens (primary N) is 1. The summed E-state index contributed by atoms with van der Waals surface area (Å²) >= 11 is 3.71. The normalized spacial score (nSPS) is 14.2. The van der Waals surface area contributed by atoms with Crippen LogP contribution in [0.1, 0.15) is 24.0 Å². The summed E-state index contributed by atoms with van der Waals surface area (Å²) in [7, 11) is 3.55. The Morgan fingerprint density at radius 3 is 2.70 bits per heavy atom. The minimum atomic E-state index is 0.658. The molecule has 1 aliphatic carbocycles. The van der Waals surface area contributed by atoms with Crippen LogP contribution < -0.4 is 10.5 Å². The van der Waals surface area contributed by atoms with Gasteiger partial charge < -0.3 is 10.5 Å². The Kier molecular flexibility index (Phi) is 3.46. The predicted octanol–water partition coefficient (Wildman–Crippen LogP) is 3.32. The molecule has 2 aromatic rings. The fourth-order valence-corrected chi connectivity index (χ4v) is 3.72. The van der Waals surface area contributed by atoms with Gasteiger partial charge >= 0.3 is 0 Å². The van der Waals surface area contributed by atoms with E-state index in [0.717, 1.165) is 34.2 Å². The number of ether oxygens (including phenoxy) is 1. The first-order chi connectivity index (χ1) is 9.63. The molecule has 106 valence electrons. The van der Waals surface area contributed by atoms with Gasteiger partial charge in [0, 0.05) is 18.2 Å². The summed E-state index contributed by atoms with van der Waals surface area (Å²) in [6, 6.07) is 2.21. The molecule has 5 heteroatoms. The molecule has 20 heavy (non-hydrogen) atoms. The van der Waals surface area contributed by atoms with Crippen LogP contribution in [0.2, 0.25) is 0 Å². The minimum Gasteiger partial charge on any atom is -0.495 e. The summed E-state index contributed by atoms with van der Waals surface area (Å²) in [4.78, 5) is 0. The van der Waals surface area contributed by atoms with Crippen LogP contribution in [0.5, 0.6) is 5.75 Å². The largest absolute Gasteiger partial charge is 0.495 e. The molecule has 1 aliphatic rings. The second kappa shape index (κ2) is 5.13. The molecule has 0 saturated carbocycles. The maximum absolute atomic E-state index is 6.11. The van der Waals surface area contributed by atoms with Crippen molar-refractivity contribution in [1.82, 2.24) is 9.78 Å². The molecule has 1 aromatic heterocycles. The minimum absolute atomic E-state index is 0.658. The van der Waals surface area contributed by atoms with Crippen LogP contribution in [0.3, 0.4) is 0 Å². The highest BCUT2D eigenvalue weighted by Crippen LogP contribution is 2.44. The maximum Gasteiger partial charge on any atom is 0.141 e. The quantitative estimate of drug-likeness (QED) is 0.915. The molecule has 0 unspecified atom stereocenters. The number of benzene rings is 1. The molecule has 2 N–H and O–H groups in total. The van der Waals surface area contributed by atoms with Crippen molar-refractivity contribution in [3.63, 3.8) is 0 Å². The highest BCUT2D eigenvalue weighted by atomic mass is 79.9. The number of nitrogens with zero attached hydrogens (tertiary/aromatic N) is 2. The van der Waals surface area contributed by atoms with Gasteiger partial charge in [-0.2, -0.15) is 5.10 Å². The first-order valence-corrected chi connectivity index (χ1v) is 7.59. The van der Waals surface area contributed by atoms with Gasteiger partial charge in [-0.1, -0.05) is 0 Å². The highest BCUT2D eigenvalue weighted by molar-refractivity contribution is 9.10. The Morgan fingerprint density at radius 1 is 1.30 bits per heavy atom. The molecule has 1 aromatic carbocycles. The highest BCUT2D eigenvalue weighted by Gasteiger charge is 2.22. The van der Waals surface area contributed by atoms with Crippen LogP contribution in [0.15, 0.2) is 16.7 Å². The van der Waals surface area contributed by atoms with Crippen LogP contribution in [0, 0.1) is 0 Å². The topological polar surface area (TPSA) is 53.1 Å². The number of hydrogen-bond acceptors (Lipinski definition) is 3. The van der Waals surface area contributed by atoms with Gasteiger partial charge in [0.1, 0.15) is 11.6 Å². The molecule has 0 fully saturated rings. The fourth-order valence-electron chi connectivity index (χ4n) is 2.89. The number of hydrogen-bond donors (Lipinski definition) is 1. The van der Waals surface area contributed by atoms with E-state index in [-0.39, 0.29) is 0 Å². The van der Waals surface area contributed by atoms with Crippen molar-refractivity contribution in [3.05, 3.63) is 27.9 Å². The third-order valence-corrected chi connectivity index (χ3v) is 4.86. The van der Waals surface area contributed by atoms with Gasteiger partial charge in [-0.05, 0) is 58.8 Å². The summed E-state index contributed by atoms with van der Waals surface area (Å²) in [5.74, 6) is 1.51. The van der Waals surface area contributed by atoms with E-state index in [0.29, 0.717) is 5.82 Å². The van der Waals surface area contributed by atoms with Gasteiger partial charge in [-0.15, -0.1) is 0 Å². The second-order valence-electron chi connectivity index (χ2n) is 5.18. The van der Waals surface area contributed by atoms with E-state index in [1.807, 2.05) is 7.05 Å². The average Bonchev–Trinajstić information content (AvgIpc) is 2.79. The van der Waals surface area contributed by atoms with Crippen molar-refractivity contribution in [3.8, 4) is 16.9 Å². The Bertz CT molecular complexity index is 664. The molecule has 1 heterocycles. The van der Waals surface area contributed by atoms with E-state index in [9.17, 15) is 0 Å². The van der Waals surface area contributed by atoms with Gasteiger partial charge in [0.2, 0.25) is 0 Å². The predicted molar refractivity (Wildman–Crippen MR) is 84.0 cm³/mol. The average molecular weight is 336 g/mol. The number of aryl methyl sites for hydroxylation is 2. The lowest BCUT2D eigenvalue weighted by molar-refractivity contribution is 0.412. The smallest absolute Gasteiger partial charge is 0.141 e. The number of nitrogen functional groups attached to an aromatic ring is 1. The number of aromatic nitrogens is 2. The lowest BCUT2D eigenvalue weighted by atomic mass is 9.89. The molecular weight excluding hydrogens is 318 g/mol. The Balaban J connectivity index is 2.25. The first kappa shape index (κ1) is 13.5. The second-order valence-corrected chi connectivity index (χ2v) is 5.98. The van der Waals surface area contributed by atoms with Crippen LogP contribution >= 0.6 is 15.9 Å². The molecule has 0 radical (unpaired) electrons. The van der Waals surface area contributed by atoms with E-state index in [4.69, 9.17) is 10.5 Å². The monoisotopic (exact) mass is 335 g/mol. The lowest BCUT2D eigenvalue weighted by Gasteiger charge is -2.21. The SMILES string of the molecule is COc1c(-c2cnn(C)c2N)cc2c(c1Br)CCCC2. The summed E-state index contributed by atoms with van der Waals surface area (Å²) in [6.07, 6.45) is 6.51. The zero-order valence-electron chi connectivity index (χ0n) is 11.7. The zero-order valence-corrected chi connectivity index (χ0v) is 13.3. The molecule has 0 amide bonds. The molecule has 0 aliphatic heterocycles. The van der Waals surface area contributed by atoms with Crippen molar-refractivity contribution < 1.29 is 4.74 Å². The third-order valence-electron chi connectivity index (χ3n) is 4.02. The summed E-state index contributed by atoms with van der Waals surface area (Å²) in [5, 5.41) is 4.23. The molecule has 0 saturated heterocycles. The number of rotatable bonds is 2. The van der Waals surface area contributed by atoms with Crippen molar-refractivity contribution in [2.45, 2.75) is 25.7 Å². The maximum atomic E-state index is 6.11. The molecule has 0 bridgehead atoms. The van der Waals surface area contributed by atoms with Gasteiger partial charge in [0.05, 0.1) is 17.8 Å². The first-order valence-electron chi connectivity index (χ1n) is 6.79. The van der Waals surface area contributed by atoms with Crippen LogP contribution in [-0.4, -0.2) is 16.9 Å². The molecule has 3 rings (SSSR count). The van der Waals surface area contributed by atoms with Crippen molar-refractivity contribution >= 4 is 21.7 Å². The van der Waals surface area contributed by atoms with E-state index in [2.05, 4.69) is 27.1 Å². The van der Waals surface area contributed by atoms with E-state index < -0.39 is 0 Å². The summed E-state index contributed by atoms with van der Waals surface area (Å²) in [5.41, 5.74) is 10.8. The van der Waals surface area contributed by atoms with Gasteiger partial charge in [-0.3, -0.25) is 4.68 Å². The zero-order chi connectivity index (χ0) is 14.3.